The first-order valence-electron chi connectivity index (χ1n) is 9.35. The highest BCUT2D eigenvalue weighted by molar-refractivity contribution is 7.94. The van der Waals surface area contributed by atoms with Gasteiger partial charge in [-0.15, -0.1) is 11.3 Å². The Hall–Kier alpha value is -0.560. The highest BCUT2D eigenvalue weighted by Gasteiger charge is 2.39. The van der Waals surface area contributed by atoms with Crippen molar-refractivity contribution in [1.82, 2.24) is 9.62 Å². The van der Waals surface area contributed by atoms with E-state index in [2.05, 4.69) is 10.1 Å². The van der Waals surface area contributed by atoms with E-state index in [-0.39, 0.29) is 5.56 Å². The summed E-state index contributed by atoms with van der Waals surface area (Å²) >= 11 is 0.326. The third-order valence-electron chi connectivity index (χ3n) is 2.94. The number of rotatable bonds is 7. The molecule has 1 aliphatic rings. The Morgan fingerprint density at radius 3 is 2.91 bits per heavy atom. The molecule has 1 aromatic rings. The summed E-state index contributed by atoms with van der Waals surface area (Å²) in [4.78, 5) is 0. The molecule has 0 unspecified atom stereocenters. The van der Waals surface area contributed by atoms with Crippen molar-refractivity contribution >= 4 is 31.4 Å². The number of ether oxygens (including phenoxy) is 1. The molecule has 3 N–H and O–H groups in total. The summed E-state index contributed by atoms with van der Waals surface area (Å²) in [6.07, 6.45) is -0.517. The summed E-state index contributed by atoms with van der Waals surface area (Å²) in [7, 11) is -7.80. The molecule has 23 heavy (non-hydrogen) atoms. The summed E-state index contributed by atoms with van der Waals surface area (Å²) in [5.74, 6) is 0. The van der Waals surface area contributed by atoms with Crippen LogP contribution in [0, 0.1) is 0 Å². The van der Waals surface area contributed by atoms with Crippen LogP contribution in [0.5, 0.6) is 0 Å². The summed E-state index contributed by atoms with van der Waals surface area (Å²) in [6, 6.07) is -0.666. The van der Waals surface area contributed by atoms with Crippen LogP contribution in [0.2, 0.25) is 0 Å². The number of thiophene rings is 1. The normalized spacial score (nSPS) is 28.6. The summed E-state index contributed by atoms with van der Waals surface area (Å²) in [5.41, 5.74) is -0.263. The molecule has 2 heterocycles. The van der Waals surface area contributed by atoms with Crippen molar-refractivity contribution in [3.05, 3.63) is 11.6 Å². The zero-order valence-corrected chi connectivity index (χ0v) is 14.8. The van der Waals surface area contributed by atoms with Gasteiger partial charge in [-0.25, -0.2) is 22.0 Å². The Labute approximate surface area is 149 Å². The predicted octanol–water partition coefficient (Wildman–Crippen LogP) is 0.0869. The number of nitrogens with two attached hydrogens (primary N) is 1. The molecule has 0 bridgehead atoms. The summed E-state index contributed by atoms with van der Waals surface area (Å²) in [6.45, 7) is -6.69. The smallest absolute Gasteiger partial charge is 0.252 e. The minimum Gasteiger partial charge on any atom is -0.385 e. The van der Waals surface area contributed by atoms with Crippen LogP contribution in [0.25, 0.3) is 0 Å². The average molecular weight is 390 g/mol. The number of nitrogens with one attached hydrogen (secondary N) is 1. The minimum absolute atomic E-state index is 0.263. The van der Waals surface area contributed by atoms with Crippen LogP contribution in [0.3, 0.4) is 0 Å². The van der Waals surface area contributed by atoms with E-state index in [1.165, 1.54) is 0 Å². The van der Waals surface area contributed by atoms with Gasteiger partial charge in [0.05, 0.1) is 2.74 Å². The van der Waals surface area contributed by atoms with Crippen molar-refractivity contribution in [2.75, 3.05) is 33.2 Å². The van der Waals surface area contributed by atoms with Crippen LogP contribution in [-0.2, 0) is 24.8 Å². The van der Waals surface area contributed by atoms with E-state index >= 15 is 0 Å². The number of nitrogens with zero attached hydrogens (tertiary/aromatic N) is 1. The largest absolute Gasteiger partial charge is 0.385 e. The standard InChI is InChI=1S/C12H21N3O5S3/c1-3-14-10-8-15(5-4-6-20-2)23(18,19)12-9(10)7-11(21-12)22(13,16)17/h7,10,14H,3-6,8H2,1-2H3,(H2,13,16,17)/t10-/m0/s1/i3D2,6D2,8D2. The van der Waals surface area contributed by atoms with Crippen LogP contribution >= 0.6 is 11.3 Å². The molecule has 0 saturated heterocycles. The van der Waals surface area contributed by atoms with Crippen LogP contribution in [0.4, 0.5) is 0 Å². The predicted molar refractivity (Wildman–Crippen MR) is 87.4 cm³/mol. The Balaban J connectivity index is 2.68. The van der Waals surface area contributed by atoms with Gasteiger partial charge in [0.25, 0.3) is 10.0 Å². The molecule has 1 aliphatic heterocycles. The van der Waals surface area contributed by atoms with Gasteiger partial charge < -0.3 is 10.1 Å². The SMILES string of the molecule is [2H]C([2H])(C)N[C@@H]1c2cc(S(N)(=O)=O)sc2S(=O)(=O)N(CCC([2H])([2H])OC)C1([2H])[2H]. The van der Waals surface area contributed by atoms with Gasteiger partial charge in [-0.2, -0.15) is 4.31 Å². The van der Waals surface area contributed by atoms with E-state index in [1.807, 2.05) is 0 Å². The second-order valence-electron chi connectivity index (χ2n) is 4.49. The van der Waals surface area contributed by atoms with Crippen LogP contribution in [-0.4, -0.2) is 54.3 Å². The molecule has 2 rings (SSSR count). The van der Waals surface area contributed by atoms with Crippen molar-refractivity contribution in [3.8, 4) is 0 Å². The van der Waals surface area contributed by atoms with E-state index in [9.17, 15) is 16.8 Å². The number of primary sulfonamides is 1. The molecule has 1 atom stereocenters. The maximum absolute atomic E-state index is 13.1. The van der Waals surface area contributed by atoms with Gasteiger partial charge in [0.15, 0.2) is 0 Å². The molecule has 0 saturated carbocycles. The fourth-order valence-electron chi connectivity index (χ4n) is 1.98. The Morgan fingerprint density at radius 2 is 2.35 bits per heavy atom. The van der Waals surface area contributed by atoms with E-state index in [1.54, 1.807) is 0 Å². The van der Waals surface area contributed by atoms with Gasteiger partial charge in [-0.05, 0) is 19.0 Å². The van der Waals surface area contributed by atoms with Crippen molar-refractivity contribution in [2.45, 2.75) is 27.8 Å². The molecule has 0 fully saturated rings. The van der Waals surface area contributed by atoms with Crippen molar-refractivity contribution in [1.29, 1.82) is 0 Å². The summed E-state index contributed by atoms with van der Waals surface area (Å²) in [5, 5.41) is 7.43. The first-order chi connectivity index (χ1) is 12.8. The van der Waals surface area contributed by atoms with Gasteiger partial charge >= 0.3 is 0 Å². The molecule has 0 aromatic carbocycles. The zero-order valence-electron chi connectivity index (χ0n) is 18.4. The molecular formula is C12H21N3O5S3. The molecule has 1 aromatic heterocycles. The van der Waals surface area contributed by atoms with Crippen LogP contribution in [0.15, 0.2) is 14.5 Å². The van der Waals surface area contributed by atoms with Gasteiger partial charge in [0, 0.05) is 43.8 Å². The Morgan fingerprint density at radius 1 is 1.65 bits per heavy atom. The van der Waals surface area contributed by atoms with Crippen molar-refractivity contribution in [3.63, 3.8) is 0 Å². The average Bonchev–Trinajstić information content (AvgIpc) is 2.96. The topological polar surface area (TPSA) is 119 Å². The van der Waals surface area contributed by atoms with Gasteiger partial charge in [0.1, 0.15) is 8.42 Å². The molecule has 0 amide bonds. The first kappa shape index (κ1) is 11.9. The number of sulfonamides is 2. The molecule has 0 spiro atoms. The van der Waals surface area contributed by atoms with Crippen LogP contribution < -0.4 is 10.5 Å². The van der Waals surface area contributed by atoms with Gasteiger partial charge in [-0.3, -0.25) is 0 Å². The highest BCUT2D eigenvalue weighted by Crippen LogP contribution is 2.39. The number of hydrogen-bond acceptors (Lipinski definition) is 7. The number of likely N-dealkylation sites (N-methyl/N-ethyl adjacent to an activating group) is 1. The van der Waals surface area contributed by atoms with E-state index < -0.39 is 67.0 Å². The maximum atomic E-state index is 13.1. The maximum Gasteiger partial charge on any atom is 0.252 e. The number of methoxy groups -OCH3 is 1. The van der Waals surface area contributed by atoms with Gasteiger partial charge in [0.2, 0.25) is 10.0 Å². The minimum atomic E-state index is -4.58. The lowest BCUT2D eigenvalue weighted by molar-refractivity contribution is 0.185. The first-order valence-corrected chi connectivity index (χ1v) is 10.2. The molecule has 11 heteroatoms. The lowest BCUT2D eigenvalue weighted by Gasteiger charge is -2.32. The van der Waals surface area contributed by atoms with Crippen molar-refractivity contribution in [2.24, 2.45) is 5.14 Å². The number of hydrogen-bond donors (Lipinski definition) is 2. The van der Waals surface area contributed by atoms with E-state index in [0.29, 0.717) is 15.6 Å². The van der Waals surface area contributed by atoms with E-state index in [4.69, 9.17) is 13.4 Å². The highest BCUT2D eigenvalue weighted by atomic mass is 32.3. The lowest BCUT2D eigenvalue weighted by atomic mass is 10.1. The number of fused-ring (bicyclic) bond motifs is 1. The lowest BCUT2D eigenvalue weighted by Crippen LogP contribution is -2.43. The molecule has 8 nitrogen and oxygen atoms in total. The monoisotopic (exact) mass is 389 g/mol. The Kier molecular flexibility index (Phi) is 3.69. The molecular weight excluding hydrogens is 362 g/mol. The third kappa shape index (κ3) is 3.92. The van der Waals surface area contributed by atoms with Crippen molar-refractivity contribution < 1.29 is 29.8 Å². The quantitative estimate of drug-likeness (QED) is 0.682. The second-order valence-corrected chi connectivity index (χ2v) is 9.38. The fraction of sp³-hybridized carbons (Fsp3) is 0.667. The molecule has 0 aliphatic carbocycles. The van der Waals surface area contributed by atoms with Crippen LogP contribution in [0.1, 0.15) is 33.2 Å². The van der Waals surface area contributed by atoms with Gasteiger partial charge in [-0.1, -0.05) is 6.92 Å². The second kappa shape index (κ2) is 7.13. The summed E-state index contributed by atoms with van der Waals surface area (Å²) < 4.78 is 101. The molecule has 0 radical (unpaired) electrons. The molecule has 132 valence electrons. The third-order valence-corrected chi connectivity index (χ3v) is 7.76. The fourth-order valence-corrected chi connectivity index (χ4v) is 6.02. The van der Waals surface area contributed by atoms with E-state index in [0.717, 1.165) is 20.1 Å². The zero-order chi connectivity index (χ0) is 22.6. The Bertz CT molecular complexity index is 989.